The molecule has 96 valence electrons. The number of oxazole rings is 1. The average molecular weight is 237 g/mol. The zero-order chi connectivity index (χ0) is 12.3. The first-order valence-corrected chi connectivity index (χ1v) is 6.49. The van der Waals surface area contributed by atoms with Gasteiger partial charge in [0.1, 0.15) is 6.26 Å². The summed E-state index contributed by atoms with van der Waals surface area (Å²) >= 11 is 0. The molecule has 1 saturated heterocycles. The first-order valence-electron chi connectivity index (χ1n) is 6.49. The Bertz CT molecular complexity index is 342. The molecule has 1 aromatic rings. The number of hydrogen-bond acceptors (Lipinski definition) is 4. The second-order valence-electron chi connectivity index (χ2n) is 5.15. The van der Waals surface area contributed by atoms with Gasteiger partial charge in [-0.15, -0.1) is 0 Å². The molecule has 4 heteroatoms. The van der Waals surface area contributed by atoms with E-state index in [9.17, 15) is 0 Å². The molecule has 0 aliphatic carbocycles. The highest BCUT2D eigenvalue weighted by Crippen LogP contribution is 2.26. The number of rotatable bonds is 4. The topological polar surface area (TPSA) is 41.3 Å². The summed E-state index contributed by atoms with van der Waals surface area (Å²) in [5.41, 5.74) is 1.07. The molecular formula is C13H23N3O. The van der Waals surface area contributed by atoms with E-state index < -0.39 is 0 Å². The van der Waals surface area contributed by atoms with Crippen LogP contribution in [0.4, 0.5) is 0 Å². The van der Waals surface area contributed by atoms with Gasteiger partial charge in [0.25, 0.3) is 0 Å². The molecule has 1 aliphatic heterocycles. The standard InChI is InChI=1S/C13H23N3O/c1-10(14-2)8-12-9-17-13(15-12)11-4-6-16(3)7-5-11/h9-11,14H,4-8H2,1-3H3. The van der Waals surface area contributed by atoms with Crippen LogP contribution in [0.25, 0.3) is 0 Å². The second-order valence-corrected chi connectivity index (χ2v) is 5.15. The van der Waals surface area contributed by atoms with E-state index in [1.54, 1.807) is 0 Å². The third kappa shape index (κ3) is 3.30. The molecule has 1 N–H and O–H groups in total. The lowest BCUT2D eigenvalue weighted by atomic mass is 9.97. The number of hydrogen-bond donors (Lipinski definition) is 1. The molecule has 0 radical (unpaired) electrons. The number of aromatic nitrogens is 1. The third-order valence-corrected chi connectivity index (χ3v) is 3.65. The molecule has 0 saturated carbocycles. The SMILES string of the molecule is CNC(C)Cc1coc(C2CCN(C)CC2)n1. The lowest BCUT2D eigenvalue weighted by molar-refractivity contribution is 0.237. The van der Waals surface area contributed by atoms with E-state index in [-0.39, 0.29) is 0 Å². The smallest absolute Gasteiger partial charge is 0.197 e. The monoisotopic (exact) mass is 237 g/mol. The fourth-order valence-corrected chi connectivity index (χ4v) is 2.28. The molecule has 4 nitrogen and oxygen atoms in total. The van der Waals surface area contributed by atoms with Gasteiger partial charge in [-0.25, -0.2) is 4.98 Å². The number of likely N-dealkylation sites (N-methyl/N-ethyl adjacent to an activating group) is 1. The van der Waals surface area contributed by atoms with Crippen molar-refractivity contribution in [1.29, 1.82) is 0 Å². The summed E-state index contributed by atoms with van der Waals surface area (Å²) in [6.07, 6.45) is 5.09. The fourth-order valence-electron chi connectivity index (χ4n) is 2.28. The van der Waals surface area contributed by atoms with Crippen molar-refractivity contribution < 1.29 is 4.42 Å². The summed E-state index contributed by atoms with van der Waals surface area (Å²) in [6, 6.07) is 0.449. The predicted octanol–water partition coefficient (Wildman–Crippen LogP) is 1.63. The highest BCUT2D eigenvalue weighted by atomic mass is 16.3. The van der Waals surface area contributed by atoms with Crippen LogP contribution in [0.1, 0.15) is 37.3 Å². The van der Waals surface area contributed by atoms with Gasteiger partial charge in [0.2, 0.25) is 0 Å². The highest BCUT2D eigenvalue weighted by Gasteiger charge is 2.22. The van der Waals surface area contributed by atoms with E-state index in [1.165, 1.54) is 0 Å². The van der Waals surface area contributed by atoms with E-state index in [0.29, 0.717) is 12.0 Å². The Morgan fingerprint density at radius 3 is 2.88 bits per heavy atom. The highest BCUT2D eigenvalue weighted by molar-refractivity contribution is 5.03. The molecule has 1 fully saturated rings. The van der Waals surface area contributed by atoms with Crippen LogP contribution in [-0.4, -0.2) is 43.1 Å². The van der Waals surface area contributed by atoms with Gasteiger partial charge in [0.15, 0.2) is 5.89 Å². The maximum absolute atomic E-state index is 5.63. The summed E-state index contributed by atoms with van der Waals surface area (Å²) in [5.74, 6) is 1.46. The van der Waals surface area contributed by atoms with Crippen molar-refractivity contribution in [1.82, 2.24) is 15.2 Å². The lowest BCUT2D eigenvalue weighted by Gasteiger charge is -2.26. The summed E-state index contributed by atoms with van der Waals surface area (Å²) < 4.78 is 5.63. The first kappa shape index (κ1) is 12.6. The fraction of sp³-hybridized carbons (Fsp3) is 0.769. The van der Waals surface area contributed by atoms with Gasteiger partial charge in [-0.1, -0.05) is 0 Å². The van der Waals surface area contributed by atoms with Gasteiger partial charge in [0, 0.05) is 18.4 Å². The van der Waals surface area contributed by atoms with Crippen LogP contribution < -0.4 is 5.32 Å². The normalized spacial score (nSPS) is 20.6. The first-order chi connectivity index (χ1) is 8.19. The van der Waals surface area contributed by atoms with Crippen molar-refractivity contribution in [2.24, 2.45) is 0 Å². The summed E-state index contributed by atoms with van der Waals surface area (Å²) in [6.45, 7) is 4.45. The Morgan fingerprint density at radius 1 is 1.53 bits per heavy atom. The molecule has 1 atom stereocenters. The molecule has 1 aliphatic rings. The summed E-state index contributed by atoms with van der Waals surface area (Å²) in [4.78, 5) is 6.99. The number of nitrogens with one attached hydrogen (secondary N) is 1. The molecule has 2 rings (SSSR count). The minimum absolute atomic E-state index is 0.449. The van der Waals surface area contributed by atoms with Crippen LogP contribution in [-0.2, 0) is 6.42 Å². The van der Waals surface area contributed by atoms with Gasteiger partial charge < -0.3 is 14.6 Å². The molecule has 0 amide bonds. The Balaban J connectivity index is 1.93. The van der Waals surface area contributed by atoms with Gasteiger partial charge in [-0.05, 0) is 47.0 Å². The maximum atomic E-state index is 5.63. The van der Waals surface area contributed by atoms with Crippen LogP contribution in [0.2, 0.25) is 0 Å². The van der Waals surface area contributed by atoms with Crippen LogP contribution in [0.3, 0.4) is 0 Å². The van der Waals surface area contributed by atoms with E-state index in [1.807, 2.05) is 13.3 Å². The van der Waals surface area contributed by atoms with E-state index in [4.69, 9.17) is 4.42 Å². The van der Waals surface area contributed by atoms with Crippen LogP contribution in [0.15, 0.2) is 10.7 Å². The molecule has 0 aromatic carbocycles. The zero-order valence-electron chi connectivity index (χ0n) is 11.1. The molecule has 1 unspecified atom stereocenters. The molecule has 0 spiro atoms. The average Bonchev–Trinajstić information content (AvgIpc) is 2.78. The second kappa shape index (κ2) is 5.65. The van der Waals surface area contributed by atoms with Crippen molar-refractivity contribution in [3.63, 3.8) is 0 Å². The summed E-state index contributed by atoms with van der Waals surface area (Å²) in [5, 5.41) is 3.22. The molecule has 17 heavy (non-hydrogen) atoms. The van der Waals surface area contributed by atoms with Crippen LogP contribution >= 0.6 is 0 Å². The van der Waals surface area contributed by atoms with Crippen molar-refractivity contribution in [2.75, 3.05) is 27.2 Å². The van der Waals surface area contributed by atoms with E-state index in [0.717, 1.165) is 43.9 Å². The minimum atomic E-state index is 0.449. The number of piperidine rings is 1. The molecular weight excluding hydrogens is 214 g/mol. The maximum Gasteiger partial charge on any atom is 0.197 e. The van der Waals surface area contributed by atoms with Crippen LogP contribution in [0, 0.1) is 0 Å². The van der Waals surface area contributed by atoms with Crippen molar-refractivity contribution in [3.8, 4) is 0 Å². The van der Waals surface area contributed by atoms with Crippen molar-refractivity contribution in [2.45, 2.75) is 38.1 Å². The van der Waals surface area contributed by atoms with Gasteiger partial charge in [-0.3, -0.25) is 0 Å². The van der Waals surface area contributed by atoms with Crippen molar-refractivity contribution in [3.05, 3.63) is 17.8 Å². The van der Waals surface area contributed by atoms with Gasteiger partial charge >= 0.3 is 0 Å². The Morgan fingerprint density at radius 2 is 2.24 bits per heavy atom. The predicted molar refractivity (Wildman–Crippen MR) is 68.2 cm³/mol. The van der Waals surface area contributed by atoms with Crippen molar-refractivity contribution >= 4 is 0 Å². The Hall–Kier alpha value is -0.870. The van der Waals surface area contributed by atoms with E-state index >= 15 is 0 Å². The number of likely N-dealkylation sites (tertiary alicyclic amines) is 1. The lowest BCUT2D eigenvalue weighted by Crippen LogP contribution is -2.29. The van der Waals surface area contributed by atoms with Crippen LogP contribution in [0.5, 0.6) is 0 Å². The number of nitrogens with zero attached hydrogens (tertiary/aromatic N) is 2. The Kier molecular flexibility index (Phi) is 4.18. The molecule has 0 bridgehead atoms. The van der Waals surface area contributed by atoms with Gasteiger partial charge in [0.05, 0.1) is 5.69 Å². The third-order valence-electron chi connectivity index (χ3n) is 3.65. The largest absolute Gasteiger partial charge is 0.448 e. The van der Waals surface area contributed by atoms with E-state index in [2.05, 4.69) is 29.2 Å². The zero-order valence-corrected chi connectivity index (χ0v) is 11.1. The molecule has 2 heterocycles. The van der Waals surface area contributed by atoms with Gasteiger partial charge in [-0.2, -0.15) is 0 Å². The quantitative estimate of drug-likeness (QED) is 0.864. The minimum Gasteiger partial charge on any atom is -0.448 e. The summed E-state index contributed by atoms with van der Waals surface area (Å²) in [7, 11) is 4.15. The Labute approximate surface area is 103 Å². The molecule has 1 aromatic heterocycles.